The Balaban J connectivity index is 2.43. The average Bonchev–Trinajstić information content (AvgIpc) is 2.07. The lowest BCUT2D eigenvalue weighted by atomic mass is 10.2. The number of rotatable bonds is 0. The van der Waals surface area contributed by atoms with Crippen LogP contribution in [0.1, 0.15) is 33.6 Å². The molecule has 0 saturated carbocycles. The van der Waals surface area contributed by atoms with Crippen LogP contribution in [0, 0.1) is 0 Å². The van der Waals surface area contributed by atoms with Crippen molar-refractivity contribution in [1.29, 1.82) is 0 Å². The number of amides is 1. The molecular formula is C12H24N2O2. The molecule has 0 aromatic heterocycles. The van der Waals surface area contributed by atoms with Crippen LogP contribution in [-0.4, -0.2) is 54.7 Å². The molecule has 1 aliphatic rings. The van der Waals surface area contributed by atoms with E-state index in [2.05, 4.69) is 11.9 Å². The van der Waals surface area contributed by atoms with Gasteiger partial charge in [0.15, 0.2) is 0 Å². The van der Waals surface area contributed by atoms with Crippen LogP contribution in [0.2, 0.25) is 0 Å². The summed E-state index contributed by atoms with van der Waals surface area (Å²) in [5.41, 5.74) is -0.393. The Labute approximate surface area is 98.5 Å². The van der Waals surface area contributed by atoms with Crippen LogP contribution >= 0.6 is 0 Å². The Kier molecular flexibility index (Phi) is 4.59. The zero-order valence-corrected chi connectivity index (χ0v) is 11.0. The van der Waals surface area contributed by atoms with Gasteiger partial charge in [-0.1, -0.05) is 0 Å². The fraction of sp³-hybridized carbons (Fsp3) is 0.917. The number of hydrogen-bond donors (Lipinski definition) is 0. The SMILES string of the molecule is CN1CCCN(C(=O)OC(C)(C)C)CCC1. The highest BCUT2D eigenvalue weighted by Gasteiger charge is 2.22. The summed E-state index contributed by atoms with van der Waals surface area (Å²) in [5.74, 6) is 0. The van der Waals surface area contributed by atoms with Crippen molar-refractivity contribution in [3.05, 3.63) is 0 Å². The number of nitrogens with zero attached hydrogens (tertiary/aromatic N) is 2. The summed E-state index contributed by atoms with van der Waals surface area (Å²) in [6, 6.07) is 0. The zero-order valence-electron chi connectivity index (χ0n) is 11.0. The standard InChI is InChI=1S/C12H24N2O2/c1-12(2,3)16-11(15)14-9-5-7-13(4)8-6-10-14/h5-10H2,1-4H3. The van der Waals surface area contributed by atoms with E-state index >= 15 is 0 Å². The summed E-state index contributed by atoms with van der Waals surface area (Å²) in [6.07, 6.45) is 1.88. The van der Waals surface area contributed by atoms with Gasteiger partial charge in [-0.25, -0.2) is 4.79 Å². The van der Waals surface area contributed by atoms with Gasteiger partial charge in [-0.3, -0.25) is 0 Å². The zero-order chi connectivity index (χ0) is 12.2. The third kappa shape index (κ3) is 4.84. The van der Waals surface area contributed by atoms with Crippen molar-refractivity contribution in [2.24, 2.45) is 0 Å². The van der Waals surface area contributed by atoms with E-state index in [-0.39, 0.29) is 6.09 Å². The molecule has 1 rings (SSSR count). The predicted molar refractivity (Wildman–Crippen MR) is 64.5 cm³/mol. The number of carbonyl (C=O) groups excluding carboxylic acids is 1. The Morgan fingerprint density at radius 3 is 2.00 bits per heavy atom. The van der Waals surface area contributed by atoms with Crippen molar-refractivity contribution in [2.45, 2.75) is 39.2 Å². The second-order valence-electron chi connectivity index (χ2n) is 5.48. The molecule has 0 spiro atoms. The lowest BCUT2D eigenvalue weighted by Gasteiger charge is -2.30. The molecule has 0 bridgehead atoms. The summed E-state index contributed by atoms with van der Waals surface area (Å²) in [5, 5.41) is 0. The maximum absolute atomic E-state index is 11.9. The van der Waals surface area contributed by atoms with Crippen molar-refractivity contribution in [2.75, 3.05) is 33.2 Å². The normalized spacial score (nSPS) is 20.1. The minimum absolute atomic E-state index is 0.169. The summed E-state index contributed by atoms with van der Waals surface area (Å²) in [6.45, 7) is 9.44. The lowest BCUT2D eigenvalue weighted by Crippen LogP contribution is -2.41. The second kappa shape index (κ2) is 5.53. The van der Waals surface area contributed by atoms with Crippen LogP contribution in [0.3, 0.4) is 0 Å². The molecule has 16 heavy (non-hydrogen) atoms. The number of ether oxygens (including phenoxy) is 1. The van der Waals surface area contributed by atoms with E-state index in [0.29, 0.717) is 0 Å². The molecule has 1 aliphatic heterocycles. The number of carbonyl (C=O) groups is 1. The van der Waals surface area contributed by atoms with Gasteiger partial charge in [0, 0.05) is 13.1 Å². The van der Waals surface area contributed by atoms with E-state index in [0.717, 1.165) is 39.0 Å². The molecule has 1 amide bonds. The van der Waals surface area contributed by atoms with E-state index in [1.54, 1.807) is 0 Å². The van der Waals surface area contributed by atoms with Gasteiger partial charge in [0.05, 0.1) is 0 Å². The quantitative estimate of drug-likeness (QED) is 0.635. The predicted octanol–water partition coefficient (Wildman–Crippen LogP) is 1.95. The lowest BCUT2D eigenvalue weighted by molar-refractivity contribution is 0.0223. The van der Waals surface area contributed by atoms with Crippen molar-refractivity contribution >= 4 is 6.09 Å². The van der Waals surface area contributed by atoms with Crippen LogP contribution < -0.4 is 0 Å². The Bertz CT molecular complexity index is 226. The Morgan fingerprint density at radius 2 is 1.56 bits per heavy atom. The molecule has 0 unspecified atom stereocenters. The molecule has 1 saturated heterocycles. The Hall–Kier alpha value is -0.770. The molecule has 0 aromatic carbocycles. The van der Waals surface area contributed by atoms with Gasteiger partial charge in [0.25, 0.3) is 0 Å². The summed E-state index contributed by atoms with van der Waals surface area (Å²) < 4.78 is 5.37. The fourth-order valence-corrected chi connectivity index (χ4v) is 1.80. The minimum Gasteiger partial charge on any atom is -0.444 e. The minimum atomic E-state index is -0.393. The fourth-order valence-electron chi connectivity index (χ4n) is 1.80. The average molecular weight is 228 g/mol. The first kappa shape index (κ1) is 13.3. The molecule has 4 nitrogen and oxygen atoms in total. The monoisotopic (exact) mass is 228 g/mol. The molecule has 94 valence electrons. The van der Waals surface area contributed by atoms with Gasteiger partial charge in [-0.05, 0) is 53.8 Å². The van der Waals surface area contributed by atoms with E-state index in [9.17, 15) is 4.79 Å². The largest absolute Gasteiger partial charge is 0.444 e. The van der Waals surface area contributed by atoms with Crippen molar-refractivity contribution in [3.8, 4) is 0 Å². The summed E-state index contributed by atoms with van der Waals surface area (Å²) in [4.78, 5) is 16.0. The first-order valence-electron chi connectivity index (χ1n) is 6.05. The smallest absolute Gasteiger partial charge is 0.410 e. The third-order valence-electron chi connectivity index (χ3n) is 2.59. The van der Waals surface area contributed by atoms with E-state index in [1.165, 1.54) is 0 Å². The van der Waals surface area contributed by atoms with Crippen molar-refractivity contribution in [3.63, 3.8) is 0 Å². The van der Waals surface area contributed by atoms with Crippen LogP contribution in [0.5, 0.6) is 0 Å². The first-order valence-corrected chi connectivity index (χ1v) is 6.05. The molecule has 1 heterocycles. The van der Waals surface area contributed by atoms with Crippen LogP contribution in [0.25, 0.3) is 0 Å². The summed E-state index contributed by atoms with van der Waals surface area (Å²) >= 11 is 0. The van der Waals surface area contributed by atoms with Gasteiger partial charge in [-0.2, -0.15) is 0 Å². The molecular weight excluding hydrogens is 204 g/mol. The molecule has 0 aromatic rings. The first-order chi connectivity index (χ1) is 7.38. The molecule has 0 aliphatic carbocycles. The molecule has 0 radical (unpaired) electrons. The maximum atomic E-state index is 11.9. The van der Waals surface area contributed by atoms with Gasteiger partial charge >= 0.3 is 6.09 Å². The maximum Gasteiger partial charge on any atom is 0.410 e. The second-order valence-corrected chi connectivity index (χ2v) is 5.48. The molecule has 0 atom stereocenters. The number of hydrogen-bond acceptors (Lipinski definition) is 3. The van der Waals surface area contributed by atoms with Gasteiger partial charge in [0.1, 0.15) is 5.60 Å². The topological polar surface area (TPSA) is 32.8 Å². The van der Waals surface area contributed by atoms with Gasteiger partial charge in [-0.15, -0.1) is 0 Å². The van der Waals surface area contributed by atoms with E-state index in [1.807, 2.05) is 25.7 Å². The highest BCUT2D eigenvalue weighted by Crippen LogP contribution is 2.11. The van der Waals surface area contributed by atoms with Crippen LogP contribution in [-0.2, 0) is 4.74 Å². The molecule has 0 N–H and O–H groups in total. The third-order valence-corrected chi connectivity index (χ3v) is 2.59. The van der Waals surface area contributed by atoms with Crippen LogP contribution in [0.15, 0.2) is 0 Å². The van der Waals surface area contributed by atoms with Crippen LogP contribution in [0.4, 0.5) is 4.79 Å². The molecule has 1 fully saturated rings. The molecule has 4 heteroatoms. The van der Waals surface area contributed by atoms with E-state index in [4.69, 9.17) is 4.74 Å². The van der Waals surface area contributed by atoms with Crippen molar-refractivity contribution in [1.82, 2.24) is 9.80 Å². The Morgan fingerprint density at radius 1 is 1.06 bits per heavy atom. The van der Waals surface area contributed by atoms with Gasteiger partial charge < -0.3 is 14.5 Å². The van der Waals surface area contributed by atoms with E-state index < -0.39 is 5.60 Å². The van der Waals surface area contributed by atoms with Gasteiger partial charge in [0.2, 0.25) is 0 Å². The van der Waals surface area contributed by atoms with Crippen molar-refractivity contribution < 1.29 is 9.53 Å². The highest BCUT2D eigenvalue weighted by molar-refractivity contribution is 5.68. The highest BCUT2D eigenvalue weighted by atomic mass is 16.6. The summed E-state index contributed by atoms with van der Waals surface area (Å²) in [7, 11) is 2.13.